The van der Waals surface area contributed by atoms with Gasteiger partial charge in [0, 0.05) is 23.2 Å². The SMILES string of the molecule is CC1CCCC1.COc1cc(OC)c(Cl)c(-c2ccc3nc(N)ncc3c2)c1Cl. The van der Waals surface area contributed by atoms with Gasteiger partial charge in [0.15, 0.2) is 0 Å². The van der Waals surface area contributed by atoms with Gasteiger partial charge in [-0.2, -0.15) is 0 Å². The maximum absolute atomic E-state index is 6.44. The zero-order valence-corrected chi connectivity index (χ0v) is 18.3. The van der Waals surface area contributed by atoms with Crippen LogP contribution in [0.15, 0.2) is 30.5 Å². The van der Waals surface area contributed by atoms with Crippen molar-refractivity contribution in [2.45, 2.75) is 32.6 Å². The number of halogens is 2. The Morgan fingerprint density at radius 2 is 1.62 bits per heavy atom. The van der Waals surface area contributed by atoms with Gasteiger partial charge < -0.3 is 15.2 Å². The van der Waals surface area contributed by atoms with E-state index in [4.69, 9.17) is 38.4 Å². The number of nitrogen functional groups attached to an aromatic ring is 1. The third-order valence-electron chi connectivity index (χ3n) is 5.10. The Labute approximate surface area is 181 Å². The summed E-state index contributed by atoms with van der Waals surface area (Å²) in [6.45, 7) is 2.34. The average Bonchev–Trinajstić information content (AvgIpc) is 3.20. The minimum absolute atomic E-state index is 0.226. The lowest BCUT2D eigenvalue weighted by Gasteiger charge is -2.15. The first-order chi connectivity index (χ1) is 13.9. The molecule has 0 radical (unpaired) electrons. The van der Waals surface area contributed by atoms with Gasteiger partial charge in [-0.1, -0.05) is 61.9 Å². The molecular formula is C22H25Cl2N3O2. The molecule has 0 amide bonds. The van der Waals surface area contributed by atoms with Crippen molar-refractivity contribution >= 4 is 40.1 Å². The number of hydrogen-bond acceptors (Lipinski definition) is 5. The molecule has 1 aromatic heterocycles. The number of nitrogens with two attached hydrogens (primary N) is 1. The van der Waals surface area contributed by atoms with Crippen LogP contribution in [0.3, 0.4) is 0 Å². The van der Waals surface area contributed by atoms with Crippen molar-refractivity contribution in [1.29, 1.82) is 0 Å². The van der Waals surface area contributed by atoms with Gasteiger partial charge in [0.2, 0.25) is 5.95 Å². The van der Waals surface area contributed by atoms with Crippen molar-refractivity contribution in [2.24, 2.45) is 5.92 Å². The fraction of sp³-hybridized carbons (Fsp3) is 0.364. The highest BCUT2D eigenvalue weighted by molar-refractivity contribution is 6.41. The molecule has 154 valence electrons. The van der Waals surface area contributed by atoms with Gasteiger partial charge in [-0.25, -0.2) is 9.97 Å². The van der Waals surface area contributed by atoms with E-state index >= 15 is 0 Å². The van der Waals surface area contributed by atoms with Crippen LogP contribution in [0.5, 0.6) is 11.5 Å². The highest BCUT2D eigenvalue weighted by Crippen LogP contribution is 2.46. The number of rotatable bonds is 3. The third kappa shape index (κ3) is 4.85. The molecule has 0 spiro atoms. The monoisotopic (exact) mass is 433 g/mol. The Hall–Kier alpha value is -2.24. The molecule has 1 aliphatic rings. The zero-order chi connectivity index (χ0) is 21.0. The quantitative estimate of drug-likeness (QED) is 0.517. The van der Waals surface area contributed by atoms with Gasteiger partial charge in [-0.05, 0) is 23.6 Å². The molecule has 0 aliphatic heterocycles. The zero-order valence-electron chi connectivity index (χ0n) is 16.8. The van der Waals surface area contributed by atoms with Crippen LogP contribution in [0.2, 0.25) is 10.0 Å². The minimum atomic E-state index is 0.226. The Balaban J connectivity index is 0.000000343. The van der Waals surface area contributed by atoms with Crippen LogP contribution in [-0.2, 0) is 0 Å². The van der Waals surface area contributed by atoms with Gasteiger partial charge in [-0.3, -0.25) is 0 Å². The Kier molecular flexibility index (Phi) is 7.04. The predicted molar refractivity (Wildman–Crippen MR) is 120 cm³/mol. The van der Waals surface area contributed by atoms with E-state index in [0.717, 1.165) is 22.4 Å². The molecule has 1 heterocycles. The topological polar surface area (TPSA) is 70.3 Å². The number of anilines is 1. The maximum atomic E-state index is 6.44. The molecule has 4 rings (SSSR count). The van der Waals surface area contributed by atoms with Gasteiger partial charge in [0.1, 0.15) is 11.5 Å². The molecule has 0 atom stereocenters. The molecule has 1 saturated carbocycles. The van der Waals surface area contributed by atoms with E-state index in [2.05, 4.69) is 16.9 Å². The van der Waals surface area contributed by atoms with Crippen LogP contribution >= 0.6 is 23.2 Å². The van der Waals surface area contributed by atoms with Crippen LogP contribution in [-0.4, -0.2) is 24.2 Å². The molecular weight excluding hydrogens is 409 g/mol. The van der Waals surface area contributed by atoms with E-state index in [1.165, 1.54) is 39.9 Å². The molecule has 0 bridgehead atoms. The molecule has 1 fully saturated rings. The largest absolute Gasteiger partial charge is 0.495 e. The molecule has 3 aromatic rings. The second-order valence-corrected chi connectivity index (χ2v) is 7.93. The fourth-order valence-electron chi connectivity index (χ4n) is 3.47. The maximum Gasteiger partial charge on any atom is 0.220 e. The Bertz CT molecular complexity index is 977. The van der Waals surface area contributed by atoms with Crippen molar-refractivity contribution < 1.29 is 9.47 Å². The van der Waals surface area contributed by atoms with E-state index in [9.17, 15) is 0 Å². The van der Waals surface area contributed by atoms with Gasteiger partial charge >= 0.3 is 0 Å². The fourth-order valence-corrected chi connectivity index (χ4v) is 4.19. The van der Waals surface area contributed by atoms with E-state index in [1.54, 1.807) is 12.3 Å². The second kappa shape index (κ2) is 9.51. The lowest BCUT2D eigenvalue weighted by molar-refractivity contribution is 0.395. The van der Waals surface area contributed by atoms with Crippen molar-refractivity contribution in [3.05, 3.63) is 40.5 Å². The Morgan fingerprint density at radius 1 is 1.00 bits per heavy atom. The summed E-state index contributed by atoms with van der Waals surface area (Å²) < 4.78 is 10.6. The van der Waals surface area contributed by atoms with Crippen molar-refractivity contribution in [1.82, 2.24) is 9.97 Å². The number of fused-ring (bicyclic) bond motifs is 1. The summed E-state index contributed by atoms with van der Waals surface area (Å²) in [6.07, 6.45) is 7.60. The first-order valence-electron chi connectivity index (χ1n) is 9.57. The number of methoxy groups -OCH3 is 2. The number of aromatic nitrogens is 2. The van der Waals surface area contributed by atoms with Crippen LogP contribution in [0.25, 0.3) is 22.0 Å². The molecule has 2 aromatic carbocycles. The predicted octanol–water partition coefficient (Wildman–Crippen LogP) is 6.40. The minimum Gasteiger partial charge on any atom is -0.495 e. The van der Waals surface area contributed by atoms with Gasteiger partial charge in [0.05, 0.1) is 29.8 Å². The highest BCUT2D eigenvalue weighted by Gasteiger charge is 2.19. The lowest BCUT2D eigenvalue weighted by Crippen LogP contribution is -1.95. The summed E-state index contributed by atoms with van der Waals surface area (Å²) >= 11 is 12.9. The van der Waals surface area contributed by atoms with Crippen molar-refractivity contribution in [3.63, 3.8) is 0 Å². The van der Waals surface area contributed by atoms with E-state index < -0.39 is 0 Å². The molecule has 2 N–H and O–H groups in total. The normalized spacial score (nSPS) is 13.8. The number of ether oxygens (including phenoxy) is 2. The van der Waals surface area contributed by atoms with Crippen molar-refractivity contribution in [3.8, 4) is 22.6 Å². The summed E-state index contributed by atoms with van der Waals surface area (Å²) in [5, 5.41) is 1.65. The van der Waals surface area contributed by atoms with Crippen LogP contribution < -0.4 is 15.2 Å². The summed E-state index contributed by atoms with van der Waals surface area (Å²) in [5.41, 5.74) is 7.77. The summed E-state index contributed by atoms with van der Waals surface area (Å²) in [7, 11) is 3.07. The second-order valence-electron chi connectivity index (χ2n) is 7.18. The van der Waals surface area contributed by atoms with Crippen LogP contribution in [0.4, 0.5) is 5.95 Å². The highest BCUT2D eigenvalue weighted by atomic mass is 35.5. The van der Waals surface area contributed by atoms with E-state index in [-0.39, 0.29) is 5.95 Å². The first kappa shape index (κ1) is 21.5. The number of benzene rings is 2. The lowest BCUT2D eigenvalue weighted by atomic mass is 10.0. The smallest absolute Gasteiger partial charge is 0.220 e. The first-order valence-corrected chi connectivity index (χ1v) is 10.3. The van der Waals surface area contributed by atoms with Crippen molar-refractivity contribution in [2.75, 3.05) is 20.0 Å². The molecule has 1 aliphatic carbocycles. The molecule has 5 nitrogen and oxygen atoms in total. The summed E-state index contributed by atoms with van der Waals surface area (Å²) in [4.78, 5) is 8.18. The van der Waals surface area contributed by atoms with Gasteiger partial charge in [-0.15, -0.1) is 0 Å². The van der Waals surface area contributed by atoms with Crippen LogP contribution in [0.1, 0.15) is 32.6 Å². The van der Waals surface area contributed by atoms with E-state index in [0.29, 0.717) is 27.1 Å². The number of hydrogen-bond donors (Lipinski definition) is 1. The standard InChI is InChI=1S/C16H13Cl2N3O2.C6H12/c1-22-11-6-12(23-2)15(18)13(14(11)17)8-3-4-10-9(5-8)7-20-16(19)21-10;1-6-4-2-3-5-6/h3-7H,1-2H3,(H2,19,20,21);6H,2-5H2,1H3. The summed E-state index contributed by atoms with van der Waals surface area (Å²) in [6, 6.07) is 7.24. The molecule has 0 saturated heterocycles. The molecule has 29 heavy (non-hydrogen) atoms. The van der Waals surface area contributed by atoms with Crippen LogP contribution in [0, 0.1) is 5.92 Å². The third-order valence-corrected chi connectivity index (χ3v) is 5.86. The Morgan fingerprint density at radius 3 is 2.14 bits per heavy atom. The van der Waals surface area contributed by atoms with Gasteiger partial charge in [0.25, 0.3) is 0 Å². The van der Waals surface area contributed by atoms with E-state index in [1.807, 2.05) is 18.2 Å². The molecule has 0 unspecified atom stereocenters. The average molecular weight is 434 g/mol. The summed E-state index contributed by atoms with van der Waals surface area (Å²) in [5.74, 6) is 2.24. The number of nitrogens with zero attached hydrogens (tertiary/aromatic N) is 2. The molecule has 7 heteroatoms.